The Kier molecular flexibility index (Phi) is 7.23. The number of carbonyl (C=O) groups is 2. The maximum atomic E-state index is 12.6. The Bertz CT molecular complexity index is 821. The summed E-state index contributed by atoms with van der Waals surface area (Å²) in [5.41, 5.74) is 1.75. The lowest BCUT2D eigenvalue weighted by Crippen LogP contribution is -2.51. The number of nitrogens with zero attached hydrogens (tertiary/aromatic N) is 2. The van der Waals surface area contributed by atoms with Crippen LogP contribution in [0.2, 0.25) is 5.02 Å². The summed E-state index contributed by atoms with van der Waals surface area (Å²) in [5, 5.41) is 0.710. The SMILES string of the molecule is COc1ccc(C(=O)N2CCN(C(=O)CSCc3cccc(Cl)c3)CC2)cc1. The molecule has 1 fully saturated rings. The lowest BCUT2D eigenvalue weighted by atomic mass is 10.1. The Hall–Kier alpha value is -2.18. The fraction of sp³-hybridized carbons (Fsp3) is 0.333. The molecule has 7 heteroatoms. The number of ether oxygens (including phenoxy) is 1. The Balaban J connectivity index is 1.43. The van der Waals surface area contributed by atoms with E-state index in [1.165, 1.54) is 0 Å². The first kappa shape index (κ1) is 20.6. The fourth-order valence-corrected chi connectivity index (χ4v) is 4.14. The van der Waals surface area contributed by atoms with Crippen molar-refractivity contribution in [2.45, 2.75) is 5.75 Å². The third-order valence-corrected chi connectivity index (χ3v) is 5.86. The molecular formula is C21H23ClN2O3S. The van der Waals surface area contributed by atoms with Crippen LogP contribution >= 0.6 is 23.4 Å². The van der Waals surface area contributed by atoms with E-state index in [4.69, 9.17) is 16.3 Å². The number of halogens is 1. The van der Waals surface area contributed by atoms with Gasteiger partial charge >= 0.3 is 0 Å². The number of methoxy groups -OCH3 is 1. The summed E-state index contributed by atoms with van der Waals surface area (Å²) in [6.07, 6.45) is 0. The molecule has 148 valence electrons. The highest BCUT2D eigenvalue weighted by atomic mass is 35.5. The normalized spacial score (nSPS) is 14.1. The zero-order valence-electron chi connectivity index (χ0n) is 15.8. The van der Waals surface area contributed by atoms with E-state index in [0.29, 0.717) is 42.5 Å². The molecule has 3 rings (SSSR count). The topological polar surface area (TPSA) is 49.9 Å². The highest BCUT2D eigenvalue weighted by Gasteiger charge is 2.24. The van der Waals surface area contributed by atoms with E-state index in [1.807, 2.05) is 29.2 Å². The number of thioether (sulfide) groups is 1. The number of hydrogen-bond acceptors (Lipinski definition) is 4. The Morgan fingerprint density at radius 3 is 2.36 bits per heavy atom. The monoisotopic (exact) mass is 418 g/mol. The van der Waals surface area contributed by atoms with Crippen LogP contribution in [0.25, 0.3) is 0 Å². The van der Waals surface area contributed by atoms with Gasteiger partial charge in [-0.25, -0.2) is 0 Å². The van der Waals surface area contributed by atoms with Crippen LogP contribution in [-0.2, 0) is 10.5 Å². The minimum atomic E-state index is -0.00918. The van der Waals surface area contributed by atoms with Crippen molar-refractivity contribution < 1.29 is 14.3 Å². The fourth-order valence-electron chi connectivity index (χ4n) is 3.05. The van der Waals surface area contributed by atoms with Gasteiger partial charge in [0, 0.05) is 42.5 Å². The van der Waals surface area contributed by atoms with E-state index in [-0.39, 0.29) is 11.8 Å². The smallest absolute Gasteiger partial charge is 0.253 e. The van der Waals surface area contributed by atoms with Crippen LogP contribution in [0, 0.1) is 0 Å². The third-order valence-electron chi connectivity index (χ3n) is 4.64. The van der Waals surface area contributed by atoms with Gasteiger partial charge in [0.1, 0.15) is 5.75 Å². The lowest BCUT2D eigenvalue weighted by Gasteiger charge is -2.34. The van der Waals surface area contributed by atoms with Crippen LogP contribution in [0.5, 0.6) is 5.75 Å². The zero-order valence-corrected chi connectivity index (χ0v) is 17.3. The van der Waals surface area contributed by atoms with Gasteiger partial charge in [-0.1, -0.05) is 23.7 Å². The molecule has 0 radical (unpaired) electrons. The second-order valence-electron chi connectivity index (χ2n) is 6.52. The van der Waals surface area contributed by atoms with Gasteiger partial charge in [-0.3, -0.25) is 9.59 Å². The lowest BCUT2D eigenvalue weighted by molar-refractivity contribution is -0.129. The number of rotatable bonds is 6. The first-order chi connectivity index (χ1) is 13.6. The minimum Gasteiger partial charge on any atom is -0.497 e. The minimum absolute atomic E-state index is 0.00918. The van der Waals surface area contributed by atoms with E-state index < -0.39 is 0 Å². The molecule has 1 aliphatic rings. The molecule has 1 saturated heterocycles. The number of benzene rings is 2. The van der Waals surface area contributed by atoms with Crippen LogP contribution in [0.3, 0.4) is 0 Å². The van der Waals surface area contributed by atoms with E-state index in [0.717, 1.165) is 17.1 Å². The van der Waals surface area contributed by atoms with Gasteiger partial charge in [0.15, 0.2) is 0 Å². The largest absolute Gasteiger partial charge is 0.497 e. The average Bonchev–Trinajstić information content (AvgIpc) is 2.73. The molecule has 0 spiro atoms. The maximum absolute atomic E-state index is 12.6. The maximum Gasteiger partial charge on any atom is 0.253 e. The van der Waals surface area contributed by atoms with E-state index in [2.05, 4.69) is 0 Å². The third kappa shape index (κ3) is 5.42. The van der Waals surface area contributed by atoms with Crippen molar-refractivity contribution in [1.82, 2.24) is 9.80 Å². The van der Waals surface area contributed by atoms with Crippen molar-refractivity contribution in [3.8, 4) is 5.75 Å². The van der Waals surface area contributed by atoms with Gasteiger partial charge in [0.05, 0.1) is 12.9 Å². The molecule has 0 N–H and O–H groups in total. The summed E-state index contributed by atoms with van der Waals surface area (Å²) in [4.78, 5) is 28.7. The molecule has 0 saturated carbocycles. The number of piperazine rings is 1. The predicted octanol–water partition coefficient (Wildman–Crippen LogP) is 3.57. The number of carbonyl (C=O) groups excluding carboxylic acids is 2. The molecule has 0 bridgehead atoms. The standard InChI is InChI=1S/C21H23ClN2O3S/c1-27-19-7-5-17(6-8-19)21(26)24-11-9-23(10-12-24)20(25)15-28-14-16-3-2-4-18(22)13-16/h2-8,13H,9-12,14-15H2,1H3. The van der Waals surface area contributed by atoms with Crippen molar-refractivity contribution in [1.29, 1.82) is 0 Å². The van der Waals surface area contributed by atoms with E-state index >= 15 is 0 Å². The Morgan fingerprint density at radius 2 is 1.71 bits per heavy atom. The molecule has 5 nitrogen and oxygen atoms in total. The molecule has 0 atom stereocenters. The van der Waals surface area contributed by atoms with Gasteiger partial charge in [-0.05, 0) is 42.0 Å². The van der Waals surface area contributed by atoms with Crippen LogP contribution in [0.1, 0.15) is 15.9 Å². The Labute approximate surface area is 174 Å². The Morgan fingerprint density at radius 1 is 1.04 bits per heavy atom. The van der Waals surface area contributed by atoms with Crippen LogP contribution in [0.15, 0.2) is 48.5 Å². The van der Waals surface area contributed by atoms with Crippen molar-refractivity contribution in [2.24, 2.45) is 0 Å². The van der Waals surface area contributed by atoms with Gasteiger partial charge in [-0.2, -0.15) is 0 Å². The summed E-state index contributed by atoms with van der Waals surface area (Å²) >= 11 is 7.57. The molecule has 28 heavy (non-hydrogen) atoms. The zero-order chi connectivity index (χ0) is 19.9. The van der Waals surface area contributed by atoms with Crippen molar-refractivity contribution in [3.05, 3.63) is 64.7 Å². The van der Waals surface area contributed by atoms with Crippen molar-refractivity contribution in [2.75, 3.05) is 39.0 Å². The highest BCUT2D eigenvalue weighted by Crippen LogP contribution is 2.18. The molecule has 2 aromatic rings. The first-order valence-corrected chi connectivity index (χ1v) is 10.6. The molecule has 2 aromatic carbocycles. The number of hydrogen-bond donors (Lipinski definition) is 0. The summed E-state index contributed by atoms with van der Waals surface area (Å²) in [7, 11) is 1.60. The summed E-state index contributed by atoms with van der Waals surface area (Å²) in [5.74, 6) is 2.01. The van der Waals surface area contributed by atoms with Gasteiger partial charge in [0.2, 0.25) is 5.91 Å². The molecular weight excluding hydrogens is 396 g/mol. The molecule has 1 aliphatic heterocycles. The average molecular weight is 419 g/mol. The van der Waals surface area contributed by atoms with Gasteiger partial charge in [-0.15, -0.1) is 11.8 Å². The van der Waals surface area contributed by atoms with Gasteiger partial charge < -0.3 is 14.5 Å². The van der Waals surface area contributed by atoms with Crippen molar-refractivity contribution >= 4 is 35.2 Å². The van der Waals surface area contributed by atoms with Crippen molar-refractivity contribution in [3.63, 3.8) is 0 Å². The van der Waals surface area contributed by atoms with Crippen LogP contribution in [0.4, 0.5) is 0 Å². The predicted molar refractivity (Wildman–Crippen MR) is 113 cm³/mol. The number of amides is 2. The quantitative estimate of drug-likeness (QED) is 0.719. The molecule has 2 amide bonds. The second-order valence-corrected chi connectivity index (χ2v) is 7.95. The van der Waals surface area contributed by atoms with Gasteiger partial charge in [0.25, 0.3) is 5.91 Å². The summed E-state index contributed by atoms with van der Waals surface area (Å²) in [6.45, 7) is 2.24. The van der Waals surface area contributed by atoms with Crippen LogP contribution in [-0.4, -0.2) is 60.7 Å². The molecule has 0 unspecified atom stereocenters. The van der Waals surface area contributed by atoms with E-state index in [1.54, 1.807) is 48.0 Å². The van der Waals surface area contributed by atoms with E-state index in [9.17, 15) is 9.59 Å². The summed E-state index contributed by atoms with van der Waals surface area (Å²) < 4.78 is 5.12. The second kappa shape index (κ2) is 9.85. The first-order valence-electron chi connectivity index (χ1n) is 9.10. The molecule has 0 aromatic heterocycles. The molecule has 1 heterocycles. The molecule has 0 aliphatic carbocycles. The van der Waals surface area contributed by atoms with Crippen LogP contribution < -0.4 is 4.74 Å². The summed E-state index contributed by atoms with van der Waals surface area (Å²) in [6, 6.07) is 14.8. The highest BCUT2D eigenvalue weighted by molar-refractivity contribution is 7.99.